The van der Waals surface area contributed by atoms with Crippen LogP contribution in [0.25, 0.3) is 21.9 Å². The van der Waals surface area contributed by atoms with Gasteiger partial charge in [-0.3, -0.25) is 4.79 Å². The van der Waals surface area contributed by atoms with Gasteiger partial charge in [0.1, 0.15) is 17.2 Å². The van der Waals surface area contributed by atoms with Gasteiger partial charge in [-0.1, -0.05) is 18.2 Å². The van der Waals surface area contributed by atoms with Crippen molar-refractivity contribution in [2.45, 2.75) is 31.7 Å². The third kappa shape index (κ3) is 3.07. The molecule has 4 aromatic rings. The van der Waals surface area contributed by atoms with Gasteiger partial charge >= 0.3 is 0 Å². The van der Waals surface area contributed by atoms with Crippen LogP contribution in [0.2, 0.25) is 0 Å². The second-order valence-corrected chi connectivity index (χ2v) is 7.72. The van der Waals surface area contributed by atoms with Gasteiger partial charge in [0, 0.05) is 28.9 Å². The van der Waals surface area contributed by atoms with E-state index in [0.717, 1.165) is 11.9 Å². The summed E-state index contributed by atoms with van der Waals surface area (Å²) >= 11 is 0. The van der Waals surface area contributed by atoms with Crippen molar-refractivity contribution in [1.82, 2.24) is 10.3 Å². The van der Waals surface area contributed by atoms with Crippen molar-refractivity contribution in [3.63, 3.8) is 0 Å². The summed E-state index contributed by atoms with van der Waals surface area (Å²) in [5, 5.41) is 4.97. The van der Waals surface area contributed by atoms with Gasteiger partial charge in [0.25, 0.3) is 0 Å². The van der Waals surface area contributed by atoms with Crippen LogP contribution in [0, 0.1) is 11.7 Å². The number of rotatable bonds is 5. The number of para-hydroxylation sites is 1. The number of carbonyl (C=O) groups excluding carboxylic acids is 1. The number of hydrogen-bond acceptors (Lipinski definition) is 2. The molecular weight excluding hydrogens is 355 g/mol. The summed E-state index contributed by atoms with van der Waals surface area (Å²) in [6, 6.07) is 14.2. The van der Waals surface area contributed by atoms with Crippen molar-refractivity contribution in [3.8, 4) is 0 Å². The van der Waals surface area contributed by atoms with E-state index in [1.54, 1.807) is 12.1 Å². The SMILES string of the molecule is C[C@@H](NC(=O)C[C@@H]1C[C@@H]1c1c[nH]c2ccccc12)c1cc2cc(F)ccc2o1. The fourth-order valence-corrected chi connectivity index (χ4v) is 4.11. The van der Waals surface area contributed by atoms with Crippen LogP contribution in [0.3, 0.4) is 0 Å². The standard InChI is InChI=1S/C23H21FN2O2/c1-13(22-10-15-8-16(24)6-7-21(15)28-22)26-23(27)11-14-9-18(14)19-12-25-20-5-3-2-4-17(19)20/h2-8,10,12-14,18,25H,9,11H2,1H3,(H,26,27)/t13-,14+,18+/m1/s1. The Labute approximate surface area is 161 Å². The van der Waals surface area contributed by atoms with Crippen molar-refractivity contribution in [1.29, 1.82) is 0 Å². The van der Waals surface area contributed by atoms with E-state index >= 15 is 0 Å². The third-order valence-corrected chi connectivity index (χ3v) is 5.69. The zero-order chi connectivity index (χ0) is 19.3. The Morgan fingerprint density at radius 2 is 2.14 bits per heavy atom. The van der Waals surface area contributed by atoms with Crippen LogP contribution in [-0.4, -0.2) is 10.9 Å². The molecule has 1 aliphatic rings. The number of furan rings is 1. The largest absolute Gasteiger partial charge is 0.459 e. The van der Waals surface area contributed by atoms with Gasteiger partial charge in [0.2, 0.25) is 5.91 Å². The molecule has 1 amide bonds. The predicted molar refractivity (Wildman–Crippen MR) is 106 cm³/mol. The molecule has 0 spiro atoms. The van der Waals surface area contributed by atoms with Gasteiger partial charge in [0.05, 0.1) is 6.04 Å². The van der Waals surface area contributed by atoms with Crippen molar-refractivity contribution < 1.29 is 13.6 Å². The number of aromatic amines is 1. The number of benzene rings is 2. The Bertz CT molecular complexity index is 1180. The van der Waals surface area contributed by atoms with Crippen LogP contribution in [0.15, 0.2) is 59.1 Å². The number of aromatic nitrogens is 1. The van der Waals surface area contributed by atoms with Gasteiger partial charge in [-0.2, -0.15) is 0 Å². The molecule has 142 valence electrons. The van der Waals surface area contributed by atoms with Crippen molar-refractivity contribution in [2.24, 2.45) is 5.92 Å². The number of fused-ring (bicyclic) bond motifs is 2. The lowest BCUT2D eigenvalue weighted by atomic mass is 10.1. The molecule has 4 nitrogen and oxygen atoms in total. The van der Waals surface area contributed by atoms with Crippen LogP contribution in [0.1, 0.15) is 43.0 Å². The zero-order valence-electron chi connectivity index (χ0n) is 15.5. The summed E-state index contributed by atoms with van der Waals surface area (Å²) < 4.78 is 19.1. The smallest absolute Gasteiger partial charge is 0.220 e. The number of amides is 1. The summed E-state index contributed by atoms with van der Waals surface area (Å²) in [5.74, 6) is 1.17. The molecule has 5 heteroatoms. The van der Waals surface area contributed by atoms with Gasteiger partial charge in [-0.05, 0) is 61.1 Å². The minimum absolute atomic E-state index is 0.0199. The first-order valence-electron chi connectivity index (χ1n) is 9.63. The van der Waals surface area contributed by atoms with Gasteiger partial charge < -0.3 is 14.7 Å². The van der Waals surface area contributed by atoms with Crippen LogP contribution in [0.5, 0.6) is 0 Å². The molecule has 5 rings (SSSR count). The van der Waals surface area contributed by atoms with E-state index in [2.05, 4.69) is 28.6 Å². The number of hydrogen-bond donors (Lipinski definition) is 2. The quantitative estimate of drug-likeness (QED) is 0.488. The van der Waals surface area contributed by atoms with E-state index in [1.165, 1.54) is 23.1 Å². The number of carbonyl (C=O) groups is 1. The molecule has 0 saturated heterocycles. The Kier molecular flexibility index (Phi) is 3.97. The highest BCUT2D eigenvalue weighted by atomic mass is 19.1. The normalized spacial score (nSPS) is 19.8. The van der Waals surface area contributed by atoms with Crippen molar-refractivity contribution >= 4 is 27.8 Å². The summed E-state index contributed by atoms with van der Waals surface area (Å²) in [6.07, 6.45) is 3.61. The minimum Gasteiger partial charge on any atom is -0.459 e. The monoisotopic (exact) mass is 376 g/mol. The molecule has 2 heterocycles. The molecule has 1 aliphatic carbocycles. The van der Waals surface area contributed by atoms with Crippen molar-refractivity contribution in [3.05, 3.63) is 71.9 Å². The van der Waals surface area contributed by atoms with Gasteiger partial charge in [0.15, 0.2) is 0 Å². The third-order valence-electron chi connectivity index (χ3n) is 5.69. The van der Waals surface area contributed by atoms with Gasteiger partial charge in [-0.15, -0.1) is 0 Å². The van der Waals surface area contributed by atoms with Crippen LogP contribution >= 0.6 is 0 Å². The summed E-state index contributed by atoms with van der Waals surface area (Å²) in [6.45, 7) is 1.88. The second-order valence-electron chi connectivity index (χ2n) is 7.72. The first-order valence-corrected chi connectivity index (χ1v) is 9.63. The maximum Gasteiger partial charge on any atom is 0.220 e. The molecule has 2 aromatic carbocycles. The van der Waals surface area contributed by atoms with E-state index in [4.69, 9.17) is 4.42 Å². The Balaban J connectivity index is 1.22. The average Bonchev–Trinajstić information content (AvgIpc) is 3.12. The first-order chi connectivity index (χ1) is 13.6. The Morgan fingerprint density at radius 1 is 1.29 bits per heavy atom. The molecule has 0 radical (unpaired) electrons. The molecular formula is C23H21FN2O2. The topological polar surface area (TPSA) is 58.0 Å². The molecule has 0 unspecified atom stereocenters. The lowest BCUT2D eigenvalue weighted by molar-refractivity contribution is -0.122. The van der Waals surface area contributed by atoms with Gasteiger partial charge in [-0.25, -0.2) is 4.39 Å². The Morgan fingerprint density at radius 3 is 3.04 bits per heavy atom. The summed E-state index contributed by atoms with van der Waals surface area (Å²) in [5.41, 5.74) is 3.07. The van der Waals surface area contributed by atoms with E-state index in [0.29, 0.717) is 35.0 Å². The molecule has 0 bridgehead atoms. The molecule has 2 aromatic heterocycles. The molecule has 28 heavy (non-hydrogen) atoms. The van der Waals surface area contributed by atoms with Crippen LogP contribution < -0.4 is 5.32 Å². The summed E-state index contributed by atoms with van der Waals surface area (Å²) in [7, 11) is 0. The predicted octanol–water partition coefficient (Wildman–Crippen LogP) is 5.42. The lowest BCUT2D eigenvalue weighted by Crippen LogP contribution is -2.26. The molecule has 1 fully saturated rings. The molecule has 0 aliphatic heterocycles. The number of nitrogens with one attached hydrogen (secondary N) is 2. The molecule has 1 saturated carbocycles. The van der Waals surface area contributed by atoms with Crippen molar-refractivity contribution in [2.75, 3.05) is 0 Å². The van der Waals surface area contributed by atoms with Crippen LogP contribution in [0.4, 0.5) is 4.39 Å². The highest BCUT2D eigenvalue weighted by Crippen LogP contribution is 2.51. The second kappa shape index (κ2) is 6.51. The fraction of sp³-hybridized carbons (Fsp3) is 0.261. The van der Waals surface area contributed by atoms with E-state index in [-0.39, 0.29) is 17.8 Å². The molecule has 2 N–H and O–H groups in total. The zero-order valence-corrected chi connectivity index (χ0v) is 15.5. The lowest BCUT2D eigenvalue weighted by Gasteiger charge is -2.11. The maximum absolute atomic E-state index is 13.3. The number of H-pyrrole nitrogens is 1. The maximum atomic E-state index is 13.3. The highest BCUT2D eigenvalue weighted by molar-refractivity contribution is 5.84. The molecule has 3 atom stereocenters. The minimum atomic E-state index is -0.298. The van der Waals surface area contributed by atoms with E-state index in [9.17, 15) is 9.18 Å². The van der Waals surface area contributed by atoms with Crippen LogP contribution in [-0.2, 0) is 4.79 Å². The van der Waals surface area contributed by atoms with E-state index in [1.807, 2.05) is 19.1 Å². The summed E-state index contributed by atoms with van der Waals surface area (Å²) in [4.78, 5) is 15.8. The number of halogens is 1. The fourth-order valence-electron chi connectivity index (χ4n) is 4.11. The Hall–Kier alpha value is -3.08. The average molecular weight is 376 g/mol. The first kappa shape index (κ1) is 17.0. The van der Waals surface area contributed by atoms with E-state index < -0.39 is 0 Å². The highest BCUT2D eigenvalue weighted by Gasteiger charge is 2.41.